The topological polar surface area (TPSA) is 82.9 Å². The van der Waals surface area contributed by atoms with Crippen LogP contribution in [0, 0.1) is 0 Å². The van der Waals surface area contributed by atoms with E-state index in [1.54, 1.807) is 28.1 Å². The summed E-state index contributed by atoms with van der Waals surface area (Å²) in [5.74, 6) is 1.44. The minimum atomic E-state index is -2.20. The molecule has 0 bridgehead atoms. The number of carbonyl (C=O) groups excluding carboxylic acids is 2. The van der Waals surface area contributed by atoms with Crippen molar-refractivity contribution in [3.8, 4) is 22.6 Å². The number of Topliss-reactive ketones (excluding diaryl/α,β-unsaturated/α-hetero) is 1. The summed E-state index contributed by atoms with van der Waals surface area (Å²) in [6.07, 6.45) is 13.2. The molecule has 1 heterocycles. The number of anilines is 1. The average Bonchev–Trinajstić information content (AvgIpc) is 3.32. The Labute approximate surface area is 405 Å². The molecule has 0 spiro atoms. The van der Waals surface area contributed by atoms with Gasteiger partial charge in [0, 0.05) is 62.6 Å². The SMILES string of the molecule is C=C(C)C(=O)CCCCCCc1c2ccccc2c(CNCCCNC(=O)C(=C)C)c2ccc(-c3cc(OC)c(OC)c(C4=C5C=CC(=[N+](C)C)C=C5[Si](C)(C)c5cc(N(C)C)ccc54)c3)cc12. The Morgan fingerprint density at radius 2 is 1.46 bits per heavy atom. The van der Waals surface area contributed by atoms with Crippen molar-refractivity contribution >= 4 is 63.5 Å². The number of fused-ring (bicyclic) bond motifs is 4. The van der Waals surface area contributed by atoms with Crippen LogP contribution in [-0.2, 0) is 22.6 Å². The molecule has 5 aromatic carbocycles. The highest BCUT2D eigenvalue weighted by atomic mass is 28.3. The molecule has 9 heteroatoms. The molecule has 2 N–H and O–H groups in total. The lowest BCUT2D eigenvalue weighted by molar-refractivity contribution is -0.462. The fourth-order valence-electron chi connectivity index (χ4n) is 9.92. The number of ketones is 1. The summed E-state index contributed by atoms with van der Waals surface area (Å²) >= 11 is 0. The van der Waals surface area contributed by atoms with Crippen LogP contribution in [0.4, 0.5) is 5.69 Å². The maximum Gasteiger partial charge on any atom is 0.246 e. The van der Waals surface area contributed by atoms with Crippen molar-refractivity contribution in [1.29, 1.82) is 0 Å². The van der Waals surface area contributed by atoms with Crippen LogP contribution in [-0.4, -0.2) is 85.6 Å². The largest absolute Gasteiger partial charge is 0.493 e. The van der Waals surface area contributed by atoms with Gasteiger partial charge in [-0.25, -0.2) is 4.58 Å². The quantitative estimate of drug-likeness (QED) is 0.0266. The zero-order valence-electron chi connectivity index (χ0n) is 42.2. The molecule has 0 saturated carbocycles. The molecule has 8 nitrogen and oxygen atoms in total. The Kier molecular flexibility index (Phi) is 15.6. The molecule has 0 atom stereocenters. The number of rotatable bonds is 20. The van der Waals surface area contributed by atoms with Crippen LogP contribution < -0.4 is 30.2 Å². The smallest absolute Gasteiger partial charge is 0.246 e. The van der Waals surface area contributed by atoms with Crippen LogP contribution in [0.3, 0.4) is 0 Å². The molecule has 7 rings (SSSR count). The predicted octanol–water partition coefficient (Wildman–Crippen LogP) is 11.0. The number of benzene rings is 5. The van der Waals surface area contributed by atoms with E-state index in [9.17, 15) is 9.59 Å². The molecule has 5 aromatic rings. The Hall–Kier alpha value is -6.29. The Balaban J connectivity index is 1.38. The molecule has 0 unspecified atom stereocenters. The summed E-state index contributed by atoms with van der Waals surface area (Å²) in [6, 6.07) is 27.2. The van der Waals surface area contributed by atoms with Gasteiger partial charge in [-0.3, -0.25) is 9.59 Å². The Bertz CT molecular complexity index is 2950. The number of aryl methyl sites for hydroxylation is 1. The van der Waals surface area contributed by atoms with E-state index in [0.29, 0.717) is 42.2 Å². The number of hydrogen-bond acceptors (Lipinski definition) is 6. The van der Waals surface area contributed by atoms with Crippen molar-refractivity contribution in [2.45, 2.75) is 78.4 Å². The highest BCUT2D eigenvalue weighted by Crippen LogP contribution is 2.48. The first-order valence-electron chi connectivity index (χ1n) is 24.1. The lowest BCUT2D eigenvalue weighted by atomic mass is 9.85. The van der Waals surface area contributed by atoms with Crippen molar-refractivity contribution in [2.75, 3.05) is 60.4 Å². The van der Waals surface area contributed by atoms with Crippen LogP contribution in [0.25, 0.3) is 38.2 Å². The summed E-state index contributed by atoms with van der Waals surface area (Å²) in [7, 11) is 9.73. The van der Waals surface area contributed by atoms with E-state index >= 15 is 0 Å². The van der Waals surface area contributed by atoms with E-state index in [1.165, 1.54) is 65.6 Å². The average molecular weight is 928 g/mol. The van der Waals surface area contributed by atoms with Crippen molar-refractivity contribution in [1.82, 2.24) is 10.6 Å². The predicted molar refractivity (Wildman–Crippen MR) is 289 cm³/mol. The monoisotopic (exact) mass is 928 g/mol. The Morgan fingerprint density at radius 3 is 2.13 bits per heavy atom. The number of amides is 1. The van der Waals surface area contributed by atoms with Gasteiger partial charge in [0.05, 0.1) is 14.2 Å². The van der Waals surface area contributed by atoms with Crippen LogP contribution in [0.5, 0.6) is 11.5 Å². The molecule has 1 aliphatic carbocycles. The van der Waals surface area contributed by atoms with Gasteiger partial charge in [0.15, 0.2) is 23.0 Å². The highest BCUT2D eigenvalue weighted by Gasteiger charge is 2.41. The third-order valence-electron chi connectivity index (χ3n) is 13.8. The minimum Gasteiger partial charge on any atom is -0.493 e. The number of nitrogens with zero attached hydrogens (tertiary/aromatic N) is 2. The number of ether oxygens (including phenoxy) is 2. The maximum atomic E-state index is 12.3. The van der Waals surface area contributed by atoms with E-state index in [4.69, 9.17) is 9.47 Å². The molecular weight excluding hydrogens is 857 g/mol. The number of hydrogen-bond donors (Lipinski definition) is 2. The van der Waals surface area contributed by atoms with Gasteiger partial charge in [0.2, 0.25) is 5.91 Å². The molecule has 0 radical (unpaired) electrons. The van der Waals surface area contributed by atoms with Gasteiger partial charge in [-0.15, -0.1) is 0 Å². The number of methoxy groups -OCH3 is 2. The molecule has 0 saturated heterocycles. The summed E-state index contributed by atoms with van der Waals surface area (Å²) in [6.45, 7) is 18.1. The molecule has 1 amide bonds. The number of nitrogens with one attached hydrogen (secondary N) is 2. The van der Waals surface area contributed by atoms with Crippen molar-refractivity contribution in [3.05, 3.63) is 148 Å². The highest BCUT2D eigenvalue weighted by molar-refractivity contribution is 6.98. The third-order valence-corrected chi connectivity index (χ3v) is 17.3. The molecular formula is C59H71N4O4Si+. The van der Waals surface area contributed by atoms with Gasteiger partial charge in [-0.2, -0.15) is 0 Å². The fourth-order valence-corrected chi connectivity index (χ4v) is 13.0. The van der Waals surface area contributed by atoms with Crippen LogP contribution in [0.15, 0.2) is 126 Å². The zero-order chi connectivity index (χ0) is 48.9. The first-order valence-corrected chi connectivity index (χ1v) is 27.1. The van der Waals surface area contributed by atoms with Gasteiger partial charge in [-0.1, -0.05) is 81.6 Å². The summed E-state index contributed by atoms with van der Waals surface area (Å²) in [4.78, 5) is 26.6. The van der Waals surface area contributed by atoms with E-state index in [-0.39, 0.29) is 11.7 Å². The van der Waals surface area contributed by atoms with E-state index in [1.807, 2.05) is 0 Å². The maximum absolute atomic E-state index is 12.3. The van der Waals surface area contributed by atoms with E-state index in [2.05, 4.69) is 166 Å². The van der Waals surface area contributed by atoms with Gasteiger partial charge < -0.3 is 25.0 Å². The summed E-state index contributed by atoms with van der Waals surface area (Å²) in [5.41, 5.74) is 12.9. The molecule has 0 aromatic heterocycles. The van der Waals surface area contributed by atoms with Gasteiger partial charge in [0.1, 0.15) is 22.2 Å². The molecule has 1 aliphatic heterocycles. The lowest BCUT2D eigenvalue weighted by Gasteiger charge is -2.38. The summed E-state index contributed by atoms with van der Waals surface area (Å²) in [5, 5.41) is 14.4. The number of carbonyl (C=O) groups is 2. The van der Waals surface area contributed by atoms with Crippen molar-refractivity contribution in [2.24, 2.45) is 0 Å². The molecule has 0 fully saturated rings. The van der Waals surface area contributed by atoms with Crippen LogP contribution >= 0.6 is 0 Å². The second kappa shape index (κ2) is 21.3. The normalized spacial score (nSPS) is 13.8. The van der Waals surface area contributed by atoms with E-state index < -0.39 is 8.07 Å². The lowest BCUT2D eigenvalue weighted by Crippen LogP contribution is -2.49. The van der Waals surface area contributed by atoms with E-state index in [0.717, 1.165) is 67.3 Å². The second-order valence-corrected chi connectivity index (χ2v) is 23.8. The van der Waals surface area contributed by atoms with Gasteiger partial charge in [0.25, 0.3) is 0 Å². The zero-order valence-corrected chi connectivity index (χ0v) is 43.2. The van der Waals surface area contributed by atoms with Gasteiger partial charge in [-0.05, 0) is 159 Å². The van der Waals surface area contributed by atoms with Crippen LogP contribution in [0.2, 0.25) is 13.1 Å². The molecule has 68 heavy (non-hydrogen) atoms. The van der Waals surface area contributed by atoms with Gasteiger partial charge >= 0.3 is 0 Å². The molecule has 2 aliphatic rings. The Morgan fingerprint density at radius 1 is 0.735 bits per heavy atom. The number of allylic oxidation sites excluding steroid dienone is 6. The summed E-state index contributed by atoms with van der Waals surface area (Å²) < 4.78 is 14.8. The fraction of sp³-hybridized carbons (Fsp3) is 0.339. The van der Waals surface area contributed by atoms with Crippen molar-refractivity contribution in [3.63, 3.8) is 0 Å². The second-order valence-electron chi connectivity index (χ2n) is 19.5. The molecule has 354 valence electrons. The minimum absolute atomic E-state index is 0.106. The van der Waals surface area contributed by atoms with Crippen LogP contribution in [0.1, 0.15) is 74.6 Å². The third kappa shape index (κ3) is 10.2. The first kappa shape index (κ1) is 49.6. The number of unbranched alkanes of at least 4 members (excludes halogenated alkanes) is 3. The first-order chi connectivity index (χ1) is 32.6. The standard InChI is InChI=1S/C59H70N4O4Si/c1-38(2)53(64)23-16-14-13-15-20-45-44-21-17-18-22-46(44)52(37-60-30-19-31-61-59(65)39(3)4)47-27-24-40(32-50(45)47)41-33-51(58(67-10)54(34-41)66-9)57-48-28-25-42(62(5)6)35-55(48)68(11,12)56-36-43(63(7)8)26-29-49(56)57/h17-18,21-22,24-29,32-36,60H,1,3,13-16,19-20,23,30-31,37H2,2,4-12H3/p+1. The van der Waals surface area contributed by atoms with Crippen molar-refractivity contribution < 1.29 is 23.6 Å².